The van der Waals surface area contributed by atoms with Crippen molar-refractivity contribution >= 4 is 0 Å². The molecule has 0 nitrogen and oxygen atoms in total. The van der Waals surface area contributed by atoms with Gasteiger partial charge in [0, 0.05) is 1.37 Å². The minimum absolute atomic E-state index is 0.0226. The number of rotatable bonds is 12. The van der Waals surface area contributed by atoms with Crippen molar-refractivity contribution in [2.75, 3.05) is 0 Å². The van der Waals surface area contributed by atoms with Gasteiger partial charge in [0.15, 0.2) is 0 Å². The predicted molar refractivity (Wildman–Crippen MR) is 681 cm³/mol. The zero-order valence-corrected chi connectivity index (χ0v) is 107. The molecule has 150 heavy (non-hydrogen) atoms. The number of aryl methyl sites for hydroxylation is 2. The molecule has 0 saturated heterocycles. The first-order valence-electron chi connectivity index (χ1n) is 57.9. The second-order valence-electron chi connectivity index (χ2n) is 59.3. The lowest BCUT2D eigenvalue weighted by molar-refractivity contribution is 0.398. The van der Waals surface area contributed by atoms with Gasteiger partial charge in [-0.2, -0.15) is 0 Å². The van der Waals surface area contributed by atoms with E-state index in [1.165, 1.54) is 164 Å². The van der Waals surface area contributed by atoms with Crippen molar-refractivity contribution in [2.24, 2.45) is 29.1 Å². The predicted octanol–water partition coefficient (Wildman–Crippen LogP) is 46.7. The molecule has 12 aromatic rings. The van der Waals surface area contributed by atoms with Crippen molar-refractivity contribution in [3.63, 3.8) is 0 Å². The van der Waals surface area contributed by atoms with Crippen molar-refractivity contribution in [1.29, 1.82) is 0 Å². The van der Waals surface area contributed by atoms with Crippen LogP contribution in [0.15, 0.2) is 255 Å². The molecule has 0 fully saturated rings. The highest BCUT2D eigenvalue weighted by Crippen LogP contribution is 2.50. The van der Waals surface area contributed by atoms with Crippen LogP contribution in [0.5, 0.6) is 0 Å². The fraction of sp³-hybridized carbons (Fsp3) is 0.520. The minimum atomic E-state index is -0.250. The largest absolute Gasteiger partial charge is 0.0649 e. The van der Waals surface area contributed by atoms with Gasteiger partial charge < -0.3 is 0 Å². The average Bonchev–Trinajstić information content (AvgIpc) is 0.759. The molecule has 0 atom stereocenters. The first kappa shape index (κ1) is 131. The van der Waals surface area contributed by atoms with Crippen LogP contribution in [-0.2, 0) is 77.8 Å². The maximum absolute atomic E-state index is 6.94. The molecule has 0 N–H and O–H groups in total. The van der Waals surface area contributed by atoms with E-state index in [0.29, 0.717) is 17.3 Å². The molecule has 12 aromatic carbocycles. The molecule has 0 bridgehead atoms. The molecular weight excluding hydrogens is 1800 g/mol. The molecule has 0 heteroatoms. The normalized spacial score (nSPS) is 12.6. The molecule has 0 saturated carbocycles. The number of hydrogen-bond acceptors (Lipinski definition) is 0. The third-order valence-corrected chi connectivity index (χ3v) is 27.2. The quantitative estimate of drug-likeness (QED) is 0.114. The second kappa shape index (κ2) is 54.6. The van der Waals surface area contributed by atoms with E-state index in [0.717, 1.165) is 17.8 Å². The third kappa shape index (κ3) is 41.5. The maximum Gasteiger partial charge on any atom is 0.0294 e. The van der Waals surface area contributed by atoms with Crippen molar-refractivity contribution in [2.45, 2.75) is 484 Å². The van der Waals surface area contributed by atoms with E-state index >= 15 is 0 Å². The maximum atomic E-state index is 6.94. The highest BCUT2D eigenvalue weighted by atomic mass is 14.4. The molecule has 822 valence electrons. The van der Waals surface area contributed by atoms with Crippen LogP contribution in [-0.4, -0.2) is 0 Å². The first-order valence-corrected chi connectivity index (χ1v) is 57.4. The fourth-order valence-electron chi connectivity index (χ4n) is 19.8. The highest BCUT2D eigenvalue weighted by molar-refractivity contribution is 5.86. The molecule has 0 heterocycles. The average molecular weight is 2030 g/mol. The van der Waals surface area contributed by atoms with E-state index in [1.807, 2.05) is 20.8 Å². The van der Waals surface area contributed by atoms with Gasteiger partial charge in [-0.15, -0.1) is 0 Å². The fourth-order valence-corrected chi connectivity index (χ4v) is 19.8. The molecular formula is C150H222. The number of hydrogen-bond donors (Lipinski definition) is 0. The SMILES string of the molecule is CC(C)(C)c1c(-c2ccccc2)cccc1-c1ccccc1.CC(C)(C)c1cc(-c2cccc(-c3cc(C(C)(C)C)cc(C(C)(C)C)c3)c2C(C)(C)C)cc(C(C)(C)C)c1.CC(C)(C)c1cccc(C(C)(C)C)c1C(C)(C)C.CC(C)C.CC(C)Cc1cccc(CC(C)C)c1C(C)(C)C.CC(C)c1cccc(C(C)C)c1C(C)(C)C.CCC(C)(C)C.Cc1cc(C)c(-c2ccccc2)c(C(C)(C)C)c1-c1ccccc1.[2H]C(C)(C)C. The lowest BCUT2D eigenvalue weighted by Gasteiger charge is -2.36. The van der Waals surface area contributed by atoms with Crippen molar-refractivity contribution in [3.8, 4) is 66.8 Å². The van der Waals surface area contributed by atoms with E-state index < -0.39 is 0 Å². The summed E-state index contributed by atoms with van der Waals surface area (Å²) in [4.78, 5) is 0. The molecule has 0 aromatic heterocycles. The Morgan fingerprint density at radius 2 is 0.433 bits per heavy atom. The van der Waals surface area contributed by atoms with Gasteiger partial charge in [-0.05, 0) is 299 Å². The Bertz CT molecular complexity index is 5760. The van der Waals surface area contributed by atoms with Gasteiger partial charge in [-0.25, -0.2) is 0 Å². The Morgan fingerprint density at radius 3 is 0.647 bits per heavy atom. The van der Waals surface area contributed by atoms with Gasteiger partial charge in [-0.3, -0.25) is 0 Å². The van der Waals surface area contributed by atoms with Crippen LogP contribution in [0.25, 0.3) is 66.8 Å². The summed E-state index contributed by atoms with van der Waals surface area (Å²) in [5.41, 5.74) is 44.4. The molecule has 0 amide bonds. The second-order valence-corrected chi connectivity index (χ2v) is 59.3. The standard InChI is InChI=1S/C38H54.C24H26.C22H22.2C18H30.C16H26.C6H14.2C4H10/c1-34(2,3)27-19-25(20-28(23-27)35(4,5)6)31-17-16-18-32(33(31)38(13,14)15)26-21-29(36(7,8)9)24-30(22-26)37(10,11)12;1-17-16-18(2)22(20-14-10-7-11-15-20)23(24(3,4)5)21(17)19-12-8-6-9-13-19;1-22(2,3)21-19(17-11-6-4-7-12-17)15-10-16-20(21)18-13-8-5-9-14-18;1-16(2,3)13-11-10-12-14(17(4,5)6)15(13)18(7,8)9;1-13(2)11-15-9-8-10-16(12-14(3)4)17(15)18(5,6)7;1-11(2)13-9-8-10-14(12(3)4)15(13)16(5,6)7;1-5-6(2,3)4;2*1-4(2)3/h16-24H,1-15H3;6-16H,1-5H3;4-16H,1-3H3;10-12H,1-9H3;8-10,13-14H,11-12H2,1-7H3;8-12H,1-7H3;5H2,1-4H3;2*4H,1-3H3/i;;;;;;;4D;. The van der Waals surface area contributed by atoms with Gasteiger partial charge in [0.05, 0.1) is 0 Å². The van der Waals surface area contributed by atoms with E-state index in [2.05, 4.69) is 622 Å². The molecule has 0 aliphatic heterocycles. The number of benzene rings is 12. The Morgan fingerprint density at radius 1 is 0.213 bits per heavy atom. The zero-order chi connectivity index (χ0) is 116. The minimum Gasteiger partial charge on any atom is -0.0649 e. The summed E-state index contributed by atoms with van der Waals surface area (Å²) in [6, 6.07) is 94.0. The van der Waals surface area contributed by atoms with Gasteiger partial charge in [0.25, 0.3) is 0 Å². The van der Waals surface area contributed by atoms with Crippen molar-refractivity contribution in [3.05, 3.63) is 355 Å². The third-order valence-electron chi connectivity index (χ3n) is 27.2. The van der Waals surface area contributed by atoms with E-state index in [-0.39, 0.29) is 70.9 Å². The summed E-state index contributed by atoms with van der Waals surface area (Å²) >= 11 is 0. The Labute approximate surface area is 929 Å². The molecule has 12 rings (SSSR count). The van der Waals surface area contributed by atoms with Crippen LogP contribution in [0, 0.1) is 42.9 Å². The van der Waals surface area contributed by atoms with Crippen LogP contribution < -0.4 is 0 Å². The van der Waals surface area contributed by atoms with Gasteiger partial charge in [0.2, 0.25) is 0 Å². The molecule has 0 aliphatic rings. The smallest absolute Gasteiger partial charge is 0.0294 e. The molecule has 0 radical (unpaired) electrons. The van der Waals surface area contributed by atoms with Gasteiger partial charge >= 0.3 is 0 Å². The van der Waals surface area contributed by atoms with Gasteiger partial charge in [-0.1, -0.05) is 635 Å². The van der Waals surface area contributed by atoms with Crippen LogP contribution in [0.1, 0.15) is 494 Å². The lowest BCUT2D eigenvalue weighted by atomic mass is 9.69. The van der Waals surface area contributed by atoms with Crippen LogP contribution in [0.3, 0.4) is 0 Å². The van der Waals surface area contributed by atoms with E-state index in [9.17, 15) is 0 Å². The molecule has 0 aliphatic carbocycles. The lowest BCUT2D eigenvalue weighted by Crippen LogP contribution is -2.27. The summed E-state index contributed by atoms with van der Waals surface area (Å²) in [6.07, 6.45) is 3.66. The topological polar surface area (TPSA) is 0 Å². The zero-order valence-electron chi connectivity index (χ0n) is 108. The van der Waals surface area contributed by atoms with Crippen LogP contribution in [0.2, 0.25) is 0 Å². The summed E-state index contributed by atoms with van der Waals surface area (Å²) in [7, 11) is 0. The molecule has 0 unspecified atom stereocenters. The van der Waals surface area contributed by atoms with E-state index in [4.69, 9.17) is 1.37 Å². The Balaban J connectivity index is 0.000000375. The van der Waals surface area contributed by atoms with Crippen LogP contribution in [0.4, 0.5) is 0 Å². The summed E-state index contributed by atoms with van der Waals surface area (Å²) in [6.45, 7) is 128. The van der Waals surface area contributed by atoms with Crippen LogP contribution >= 0.6 is 0 Å². The Kier molecular flexibility index (Phi) is 47.7. The first-order chi connectivity index (χ1) is 68.6. The van der Waals surface area contributed by atoms with Crippen molar-refractivity contribution in [1.82, 2.24) is 0 Å². The van der Waals surface area contributed by atoms with Gasteiger partial charge in [0.1, 0.15) is 0 Å². The summed E-state index contributed by atoms with van der Waals surface area (Å²) < 4.78 is 6.94. The molecule has 0 spiro atoms. The monoisotopic (exact) mass is 2020 g/mol. The highest BCUT2D eigenvalue weighted by Gasteiger charge is 2.35. The van der Waals surface area contributed by atoms with Crippen molar-refractivity contribution < 1.29 is 1.37 Å². The summed E-state index contributed by atoms with van der Waals surface area (Å²) in [5, 5.41) is 0. The van der Waals surface area contributed by atoms with E-state index in [1.54, 1.807) is 22.3 Å². The summed E-state index contributed by atoms with van der Waals surface area (Å²) in [5.74, 6) is 3.24. The Hall–Kier alpha value is -9.36.